The third kappa shape index (κ3) is 3.24. The number of hydrogen-bond acceptors (Lipinski definition) is 4. The number of carbonyl (C=O) groups is 1. The maximum Gasteiger partial charge on any atom is 0.256 e. The summed E-state index contributed by atoms with van der Waals surface area (Å²) in [7, 11) is 0. The first-order valence-corrected chi connectivity index (χ1v) is 8.98. The van der Waals surface area contributed by atoms with Crippen molar-refractivity contribution in [2.24, 2.45) is 0 Å². The fourth-order valence-electron chi connectivity index (χ4n) is 3.78. The van der Waals surface area contributed by atoms with E-state index in [-0.39, 0.29) is 11.9 Å². The summed E-state index contributed by atoms with van der Waals surface area (Å²) in [4.78, 5) is 22.1. The number of nitrogens with zero attached hydrogens (tertiary/aromatic N) is 3. The van der Waals surface area contributed by atoms with Crippen LogP contribution in [0, 0.1) is 0 Å². The highest BCUT2D eigenvalue weighted by Gasteiger charge is 2.32. The molecule has 5 nitrogen and oxygen atoms in total. The molecule has 0 bridgehead atoms. The second kappa shape index (κ2) is 7.23. The van der Waals surface area contributed by atoms with Crippen molar-refractivity contribution in [3.8, 4) is 0 Å². The highest BCUT2D eigenvalue weighted by atomic mass is 16.5. The molecule has 3 heterocycles. The van der Waals surface area contributed by atoms with Crippen LogP contribution in [0.25, 0.3) is 0 Å². The smallest absolute Gasteiger partial charge is 0.256 e. The first-order valence-electron chi connectivity index (χ1n) is 8.98. The molecule has 2 saturated heterocycles. The van der Waals surface area contributed by atoms with Crippen LogP contribution in [-0.2, 0) is 4.74 Å². The highest BCUT2D eigenvalue weighted by Crippen LogP contribution is 2.33. The van der Waals surface area contributed by atoms with Crippen molar-refractivity contribution in [3.63, 3.8) is 0 Å². The zero-order valence-electron chi connectivity index (χ0n) is 14.3. The second-order valence-corrected chi connectivity index (χ2v) is 6.53. The number of amides is 1. The summed E-state index contributed by atoms with van der Waals surface area (Å²) < 4.78 is 5.45. The molecular formula is C20H23N3O2. The van der Waals surface area contributed by atoms with Crippen molar-refractivity contribution in [2.75, 3.05) is 37.7 Å². The van der Waals surface area contributed by atoms with Crippen molar-refractivity contribution in [2.45, 2.75) is 18.9 Å². The van der Waals surface area contributed by atoms with E-state index in [1.807, 2.05) is 47.4 Å². The Morgan fingerprint density at radius 2 is 1.84 bits per heavy atom. The van der Waals surface area contributed by atoms with Gasteiger partial charge in [-0.05, 0) is 37.1 Å². The van der Waals surface area contributed by atoms with Gasteiger partial charge in [-0.15, -0.1) is 0 Å². The quantitative estimate of drug-likeness (QED) is 0.864. The first-order chi connectivity index (χ1) is 12.3. The van der Waals surface area contributed by atoms with E-state index < -0.39 is 0 Å². The zero-order valence-corrected chi connectivity index (χ0v) is 14.3. The van der Waals surface area contributed by atoms with Gasteiger partial charge in [0.1, 0.15) is 0 Å². The molecule has 0 saturated carbocycles. The van der Waals surface area contributed by atoms with E-state index in [0.29, 0.717) is 13.2 Å². The average Bonchev–Trinajstić information content (AvgIpc) is 3.19. The molecule has 0 radical (unpaired) electrons. The minimum absolute atomic E-state index is 0.0754. The number of aromatic nitrogens is 1. The average molecular weight is 337 g/mol. The summed E-state index contributed by atoms with van der Waals surface area (Å²) in [5.41, 5.74) is 2.78. The molecular weight excluding hydrogens is 314 g/mol. The minimum atomic E-state index is 0.0754. The fourth-order valence-corrected chi connectivity index (χ4v) is 3.78. The molecule has 1 atom stereocenters. The predicted octanol–water partition coefficient (Wildman–Crippen LogP) is 2.90. The van der Waals surface area contributed by atoms with Crippen molar-refractivity contribution in [3.05, 3.63) is 59.9 Å². The van der Waals surface area contributed by atoms with E-state index in [0.717, 1.165) is 49.4 Å². The summed E-state index contributed by atoms with van der Waals surface area (Å²) in [5.74, 6) is 0.107. The maximum absolute atomic E-state index is 13.3. The Hall–Kier alpha value is -2.40. The van der Waals surface area contributed by atoms with Crippen LogP contribution in [0.5, 0.6) is 0 Å². The number of pyridine rings is 1. The van der Waals surface area contributed by atoms with Crippen molar-refractivity contribution >= 4 is 11.6 Å². The molecule has 5 heteroatoms. The van der Waals surface area contributed by atoms with Gasteiger partial charge in [0.25, 0.3) is 5.91 Å². The van der Waals surface area contributed by atoms with E-state index in [1.165, 1.54) is 0 Å². The normalized spacial score (nSPS) is 20.7. The van der Waals surface area contributed by atoms with Crippen LogP contribution < -0.4 is 4.90 Å². The Morgan fingerprint density at radius 3 is 2.64 bits per heavy atom. The molecule has 2 aromatic rings. The zero-order chi connectivity index (χ0) is 17.1. The van der Waals surface area contributed by atoms with Crippen LogP contribution in [0.1, 0.15) is 34.9 Å². The number of para-hydroxylation sites is 1. The van der Waals surface area contributed by atoms with E-state index in [9.17, 15) is 4.79 Å². The van der Waals surface area contributed by atoms with Crippen molar-refractivity contribution in [1.82, 2.24) is 9.88 Å². The van der Waals surface area contributed by atoms with Gasteiger partial charge in [0, 0.05) is 31.5 Å². The molecule has 0 N–H and O–H groups in total. The number of anilines is 1. The topological polar surface area (TPSA) is 45.7 Å². The van der Waals surface area contributed by atoms with Crippen LogP contribution >= 0.6 is 0 Å². The van der Waals surface area contributed by atoms with Crippen LogP contribution in [0.4, 0.5) is 5.69 Å². The summed E-state index contributed by atoms with van der Waals surface area (Å²) in [6.07, 6.45) is 3.80. The molecule has 0 aliphatic carbocycles. The van der Waals surface area contributed by atoms with Crippen molar-refractivity contribution in [1.29, 1.82) is 0 Å². The molecule has 1 amide bonds. The number of benzene rings is 1. The van der Waals surface area contributed by atoms with Crippen LogP contribution in [-0.4, -0.2) is 48.6 Å². The van der Waals surface area contributed by atoms with E-state index in [2.05, 4.69) is 9.88 Å². The molecule has 4 rings (SSSR count). The first kappa shape index (κ1) is 16.1. The molecule has 1 aromatic heterocycles. The van der Waals surface area contributed by atoms with Gasteiger partial charge in [-0.2, -0.15) is 0 Å². The van der Waals surface area contributed by atoms with Crippen molar-refractivity contribution < 1.29 is 9.53 Å². The van der Waals surface area contributed by atoms with Gasteiger partial charge in [-0.25, -0.2) is 0 Å². The second-order valence-electron chi connectivity index (χ2n) is 6.53. The van der Waals surface area contributed by atoms with Gasteiger partial charge in [0.15, 0.2) is 0 Å². The number of hydrogen-bond donors (Lipinski definition) is 0. The Bertz CT molecular complexity index is 729. The monoisotopic (exact) mass is 337 g/mol. The largest absolute Gasteiger partial charge is 0.378 e. The lowest BCUT2D eigenvalue weighted by molar-refractivity contribution is 0.0732. The lowest BCUT2D eigenvalue weighted by atomic mass is 10.1. The van der Waals surface area contributed by atoms with E-state index in [1.54, 1.807) is 6.20 Å². The lowest BCUT2D eigenvalue weighted by Gasteiger charge is -2.32. The van der Waals surface area contributed by atoms with Crippen LogP contribution in [0.3, 0.4) is 0 Å². The maximum atomic E-state index is 13.3. The van der Waals surface area contributed by atoms with Gasteiger partial charge >= 0.3 is 0 Å². The van der Waals surface area contributed by atoms with Gasteiger partial charge in [-0.1, -0.05) is 18.2 Å². The lowest BCUT2D eigenvalue weighted by Crippen LogP contribution is -2.38. The number of likely N-dealkylation sites (tertiary alicyclic amines) is 1. The molecule has 2 fully saturated rings. The Kier molecular flexibility index (Phi) is 4.65. The van der Waals surface area contributed by atoms with Gasteiger partial charge in [-0.3, -0.25) is 9.78 Å². The molecule has 130 valence electrons. The molecule has 2 aliphatic rings. The number of ether oxygens (including phenoxy) is 1. The number of morpholine rings is 1. The highest BCUT2D eigenvalue weighted by molar-refractivity contribution is 6.00. The Labute approximate surface area is 148 Å². The molecule has 0 unspecified atom stereocenters. The van der Waals surface area contributed by atoms with Gasteiger partial charge in [0.2, 0.25) is 0 Å². The predicted molar refractivity (Wildman–Crippen MR) is 96.7 cm³/mol. The summed E-state index contributed by atoms with van der Waals surface area (Å²) in [6, 6.07) is 13.9. The Balaban J connectivity index is 1.62. The fraction of sp³-hybridized carbons (Fsp3) is 0.400. The summed E-state index contributed by atoms with van der Waals surface area (Å²) >= 11 is 0. The van der Waals surface area contributed by atoms with Crippen LogP contribution in [0.2, 0.25) is 0 Å². The number of carbonyl (C=O) groups excluding carboxylic acids is 1. The summed E-state index contributed by atoms with van der Waals surface area (Å²) in [5, 5.41) is 0. The molecule has 2 aliphatic heterocycles. The van der Waals surface area contributed by atoms with Crippen LogP contribution in [0.15, 0.2) is 48.7 Å². The number of rotatable bonds is 3. The SMILES string of the molecule is O=C(c1ccccc1N1CCOCC1)N1CCC[C@H]1c1ccccn1. The third-order valence-electron chi connectivity index (χ3n) is 5.03. The molecule has 25 heavy (non-hydrogen) atoms. The molecule has 1 aromatic carbocycles. The third-order valence-corrected chi connectivity index (χ3v) is 5.03. The summed E-state index contributed by atoms with van der Waals surface area (Å²) in [6.45, 7) is 3.87. The van der Waals surface area contributed by atoms with Gasteiger partial charge in [0.05, 0.1) is 30.5 Å². The van der Waals surface area contributed by atoms with E-state index in [4.69, 9.17) is 4.74 Å². The molecule has 0 spiro atoms. The Morgan fingerprint density at radius 1 is 1.04 bits per heavy atom. The van der Waals surface area contributed by atoms with Gasteiger partial charge < -0.3 is 14.5 Å². The standard InChI is InChI=1S/C20H23N3O2/c24-20(23-11-5-9-19(23)17-7-3-4-10-21-17)16-6-1-2-8-18(16)22-12-14-25-15-13-22/h1-4,6-8,10,19H,5,9,11-15H2/t19-/m0/s1. The van der Waals surface area contributed by atoms with E-state index >= 15 is 0 Å². The minimum Gasteiger partial charge on any atom is -0.378 e.